The van der Waals surface area contributed by atoms with Gasteiger partial charge < -0.3 is 9.47 Å². The first-order valence-electron chi connectivity index (χ1n) is 7.35. The number of rotatable bonds is 4. The quantitative estimate of drug-likeness (QED) is 0.620. The van der Waals surface area contributed by atoms with E-state index >= 15 is 0 Å². The Bertz CT molecular complexity index is 677. The highest BCUT2D eigenvalue weighted by Crippen LogP contribution is 2.34. The highest BCUT2D eigenvalue weighted by molar-refractivity contribution is 6.14. The molecule has 7 heteroatoms. The molecule has 1 fully saturated rings. The first-order chi connectivity index (χ1) is 11.3. The van der Waals surface area contributed by atoms with Crippen molar-refractivity contribution in [3.63, 3.8) is 0 Å². The van der Waals surface area contributed by atoms with Crippen molar-refractivity contribution in [2.75, 3.05) is 14.2 Å². The number of ether oxygens (including phenoxy) is 2. The number of benzene rings is 1. The maximum Gasteiger partial charge on any atom is 0.450 e. The van der Waals surface area contributed by atoms with Crippen molar-refractivity contribution in [2.45, 2.75) is 25.4 Å². The van der Waals surface area contributed by atoms with Gasteiger partial charge in [-0.15, -0.1) is 0 Å². The highest BCUT2D eigenvalue weighted by Gasteiger charge is 2.47. The van der Waals surface area contributed by atoms with Crippen molar-refractivity contribution in [2.24, 2.45) is 5.92 Å². The van der Waals surface area contributed by atoms with Crippen molar-refractivity contribution in [1.29, 1.82) is 0 Å². The van der Waals surface area contributed by atoms with E-state index in [1.54, 1.807) is 18.2 Å². The van der Waals surface area contributed by atoms with E-state index in [-0.39, 0.29) is 12.0 Å². The van der Waals surface area contributed by atoms with Crippen LogP contribution < -0.4 is 9.47 Å². The van der Waals surface area contributed by atoms with Crippen LogP contribution in [0.25, 0.3) is 6.08 Å². The molecule has 0 bridgehead atoms. The molecular formula is C17H17F3O4. The number of Topliss-reactive ketones (excluding diaryl/α,β-unsaturated/α-hetero) is 2. The number of methoxy groups -OCH3 is 2. The minimum absolute atomic E-state index is 0.0690. The molecule has 1 aromatic carbocycles. The van der Waals surface area contributed by atoms with Gasteiger partial charge in [0.2, 0.25) is 5.78 Å². The van der Waals surface area contributed by atoms with E-state index in [2.05, 4.69) is 0 Å². The molecule has 1 atom stereocenters. The lowest BCUT2D eigenvalue weighted by Gasteiger charge is -2.22. The van der Waals surface area contributed by atoms with E-state index in [9.17, 15) is 22.8 Å². The van der Waals surface area contributed by atoms with Crippen LogP contribution in [-0.2, 0) is 9.59 Å². The largest absolute Gasteiger partial charge is 0.493 e. The zero-order chi connectivity index (χ0) is 17.9. The molecule has 1 aliphatic rings. The monoisotopic (exact) mass is 342 g/mol. The third-order valence-electron chi connectivity index (χ3n) is 3.92. The predicted octanol–water partition coefficient (Wildman–Crippen LogP) is 3.59. The van der Waals surface area contributed by atoms with Crippen LogP contribution in [0.15, 0.2) is 23.8 Å². The van der Waals surface area contributed by atoms with Crippen LogP contribution in [0, 0.1) is 5.92 Å². The van der Waals surface area contributed by atoms with E-state index < -0.39 is 23.7 Å². The van der Waals surface area contributed by atoms with Gasteiger partial charge in [0.25, 0.3) is 0 Å². The zero-order valence-electron chi connectivity index (χ0n) is 13.3. The lowest BCUT2D eigenvalue weighted by atomic mass is 9.81. The van der Waals surface area contributed by atoms with Gasteiger partial charge in [0.05, 0.1) is 20.1 Å². The second-order valence-electron chi connectivity index (χ2n) is 5.46. The van der Waals surface area contributed by atoms with Crippen LogP contribution in [0.5, 0.6) is 11.5 Å². The minimum Gasteiger partial charge on any atom is -0.493 e. The maximum absolute atomic E-state index is 12.6. The fourth-order valence-electron chi connectivity index (χ4n) is 2.71. The van der Waals surface area contributed by atoms with Crippen molar-refractivity contribution in [3.8, 4) is 11.5 Å². The summed E-state index contributed by atoms with van der Waals surface area (Å²) in [7, 11) is 2.94. The topological polar surface area (TPSA) is 52.6 Å². The summed E-state index contributed by atoms with van der Waals surface area (Å²) >= 11 is 0. The number of carbonyl (C=O) groups is 2. The van der Waals surface area contributed by atoms with Gasteiger partial charge in [-0.1, -0.05) is 6.07 Å². The number of halogens is 3. The van der Waals surface area contributed by atoms with Crippen LogP contribution in [0.3, 0.4) is 0 Å². The lowest BCUT2D eigenvalue weighted by Crippen LogP contribution is -2.37. The third kappa shape index (κ3) is 3.77. The van der Waals surface area contributed by atoms with Gasteiger partial charge in [0.1, 0.15) is 0 Å². The molecule has 1 unspecified atom stereocenters. The van der Waals surface area contributed by atoms with Gasteiger partial charge in [-0.25, -0.2) is 0 Å². The fraction of sp³-hybridized carbons (Fsp3) is 0.412. The smallest absolute Gasteiger partial charge is 0.450 e. The summed E-state index contributed by atoms with van der Waals surface area (Å²) in [6, 6.07) is 4.92. The number of ketones is 2. The Kier molecular flexibility index (Phi) is 5.31. The summed E-state index contributed by atoms with van der Waals surface area (Å²) in [6.45, 7) is 0. The summed E-state index contributed by atoms with van der Waals surface area (Å²) in [6.07, 6.45) is -2.86. The molecule has 0 aromatic heterocycles. The highest BCUT2D eigenvalue weighted by atomic mass is 19.4. The third-order valence-corrected chi connectivity index (χ3v) is 3.92. The second kappa shape index (κ2) is 7.07. The fourth-order valence-corrected chi connectivity index (χ4v) is 2.71. The molecule has 2 rings (SSSR count). The van der Waals surface area contributed by atoms with Gasteiger partial charge in [0, 0.05) is 0 Å². The summed E-state index contributed by atoms with van der Waals surface area (Å²) in [5.74, 6) is -3.41. The number of allylic oxidation sites excluding steroid dienone is 1. The summed E-state index contributed by atoms with van der Waals surface area (Å²) in [5.41, 5.74) is 0.812. The lowest BCUT2D eigenvalue weighted by molar-refractivity contribution is -0.176. The Morgan fingerprint density at radius 1 is 1.21 bits per heavy atom. The van der Waals surface area contributed by atoms with Crippen molar-refractivity contribution >= 4 is 17.6 Å². The second-order valence-corrected chi connectivity index (χ2v) is 5.46. The van der Waals surface area contributed by atoms with Crippen LogP contribution >= 0.6 is 0 Å². The average molecular weight is 342 g/mol. The molecule has 0 heterocycles. The van der Waals surface area contributed by atoms with Crippen LogP contribution in [0.2, 0.25) is 0 Å². The van der Waals surface area contributed by atoms with Crippen molar-refractivity contribution in [1.82, 2.24) is 0 Å². The van der Waals surface area contributed by atoms with Gasteiger partial charge >= 0.3 is 6.18 Å². The molecule has 130 valence electrons. The molecule has 0 radical (unpaired) electrons. The molecule has 1 aliphatic carbocycles. The standard InChI is InChI=1S/C17H17F3O4/c1-23-13-7-6-10(9-14(13)24-2)8-11-4-3-5-12(15(11)21)16(22)17(18,19)20/h6-9,12H,3-5H2,1-2H3/b11-8+. The van der Waals surface area contributed by atoms with Crippen molar-refractivity contribution in [3.05, 3.63) is 29.3 Å². The van der Waals surface area contributed by atoms with Gasteiger partial charge in [-0.3, -0.25) is 9.59 Å². The van der Waals surface area contributed by atoms with Crippen LogP contribution in [0.4, 0.5) is 13.2 Å². The van der Waals surface area contributed by atoms with E-state index in [4.69, 9.17) is 9.47 Å². The first kappa shape index (κ1) is 18.0. The first-order valence-corrected chi connectivity index (χ1v) is 7.35. The predicted molar refractivity (Wildman–Crippen MR) is 80.9 cm³/mol. The molecule has 0 amide bonds. The number of hydrogen-bond donors (Lipinski definition) is 0. The molecule has 1 aromatic rings. The summed E-state index contributed by atoms with van der Waals surface area (Å²) in [4.78, 5) is 23.7. The average Bonchev–Trinajstić information content (AvgIpc) is 2.55. The number of hydrogen-bond acceptors (Lipinski definition) is 4. The molecule has 1 saturated carbocycles. The molecule has 24 heavy (non-hydrogen) atoms. The van der Waals surface area contributed by atoms with Crippen LogP contribution in [-0.4, -0.2) is 32.0 Å². The van der Waals surface area contributed by atoms with E-state index in [1.165, 1.54) is 20.3 Å². The molecule has 0 N–H and O–H groups in total. The summed E-state index contributed by atoms with van der Waals surface area (Å²) < 4.78 is 48.0. The SMILES string of the molecule is COc1ccc(/C=C2\CCCC(C(=O)C(F)(F)F)C2=O)cc1OC. The Hall–Kier alpha value is -2.31. The van der Waals surface area contributed by atoms with Gasteiger partial charge in [0.15, 0.2) is 17.3 Å². The Balaban J connectivity index is 2.29. The molecular weight excluding hydrogens is 325 g/mol. The van der Waals surface area contributed by atoms with Crippen LogP contribution in [0.1, 0.15) is 24.8 Å². The molecule has 0 aliphatic heterocycles. The van der Waals surface area contributed by atoms with E-state index in [0.717, 1.165) is 0 Å². The van der Waals surface area contributed by atoms with Crippen molar-refractivity contribution < 1.29 is 32.2 Å². The Morgan fingerprint density at radius 2 is 1.88 bits per heavy atom. The Labute approximate surface area is 137 Å². The maximum atomic E-state index is 12.6. The summed E-state index contributed by atoms with van der Waals surface area (Å²) in [5, 5.41) is 0. The number of carbonyl (C=O) groups excluding carboxylic acids is 2. The molecule has 0 spiro atoms. The van der Waals surface area contributed by atoms with Gasteiger partial charge in [-0.05, 0) is 48.6 Å². The number of alkyl halides is 3. The van der Waals surface area contributed by atoms with E-state index in [1.807, 2.05) is 0 Å². The normalized spacial score (nSPS) is 20.1. The zero-order valence-corrected chi connectivity index (χ0v) is 13.3. The van der Waals surface area contributed by atoms with Gasteiger partial charge in [-0.2, -0.15) is 13.2 Å². The minimum atomic E-state index is -4.99. The molecule has 4 nitrogen and oxygen atoms in total. The molecule has 0 saturated heterocycles. The Morgan fingerprint density at radius 3 is 2.46 bits per heavy atom. The van der Waals surface area contributed by atoms with E-state index in [0.29, 0.717) is 29.9 Å².